The van der Waals surface area contributed by atoms with E-state index in [1.165, 1.54) is 6.20 Å². The van der Waals surface area contributed by atoms with Gasteiger partial charge in [0.15, 0.2) is 0 Å². The van der Waals surface area contributed by atoms with Gasteiger partial charge in [-0.3, -0.25) is 0 Å². The predicted molar refractivity (Wildman–Crippen MR) is 93.0 cm³/mol. The summed E-state index contributed by atoms with van der Waals surface area (Å²) in [5.41, 5.74) is -1.33. The third-order valence-electron chi connectivity index (χ3n) is 3.16. The number of sulfonamides is 1. The summed E-state index contributed by atoms with van der Waals surface area (Å²) >= 11 is 0. The lowest BCUT2D eigenvalue weighted by Crippen LogP contribution is -2.42. The maximum Gasteiger partial charge on any atom is 0.417 e. The monoisotopic (exact) mass is 402 g/mol. The lowest BCUT2D eigenvalue weighted by atomic mass is 10.2. The van der Waals surface area contributed by atoms with E-state index < -0.39 is 38.7 Å². The van der Waals surface area contributed by atoms with E-state index in [1.807, 2.05) is 0 Å². The third-order valence-corrected chi connectivity index (χ3v) is 4.53. The van der Waals surface area contributed by atoms with Gasteiger partial charge in [0.25, 0.3) is 10.0 Å². The predicted octanol–water partition coefficient (Wildman–Crippen LogP) is 3.24. The molecule has 0 saturated heterocycles. The second-order valence-electron chi connectivity index (χ2n) is 5.78. The largest absolute Gasteiger partial charge is 0.417 e. The van der Waals surface area contributed by atoms with Gasteiger partial charge in [-0.25, -0.2) is 22.9 Å². The first-order valence-electron chi connectivity index (χ1n) is 7.71. The zero-order valence-corrected chi connectivity index (χ0v) is 15.1. The maximum absolute atomic E-state index is 13.3. The molecule has 0 fully saturated rings. The number of benzene rings is 1. The van der Waals surface area contributed by atoms with E-state index in [4.69, 9.17) is 0 Å². The van der Waals surface area contributed by atoms with Crippen LogP contribution in [0.5, 0.6) is 0 Å². The lowest BCUT2D eigenvalue weighted by Gasteiger charge is -2.16. The Kier molecular flexibility index (Phi) is 5.94. The van der Waals surface area contributed by atoms with Crippen molar-refractivity contribution in [1.29, 1.82) is 0 Å². The Hall–Kier alpha value is -2.82. The minimum atomic E-state index is -4.93. The van der Waals surface area contributed by atoms with Crippen LogP contribution in [0.15, 0.2) is 47.5 Å². The van der Waals surface area contributed by atoms with Gasteiger partial charge >= 0.3 is 12.2 Å². The van der Waals surface area contributed by atoms with E-state index in [0.29, 0.717) is 11.9 Å². The van der Waals surface area contributed by atoms with Crippen molar-refractivity contribution in [2.24, 2.45) is 0 Å². The van der Waals surface area contributed by atoms with Crippen LogP contribution in [-0.2, 0) is 16.2 Å². The fraction of sp³-hybridized carbons (Fsp3) is 0.250. The summed E-state index contributed by atoms with van der Waals surface area (Å²) in [5.74, 6) is 0.311. The molecule has 0 unspecified atom stereocenters. The second-order valence-corrected chi connectivity index (χ2v) is 7.43. The van der Waals surface area contributed by atoms with Crippen LogP contribution in [0.4, 0.5) is 29.5 Å². The van der Waals surface area contributed by atoms with E-state index in [1.54, 1.807) is 36.8 Å². The molecular weight excluding hydrogens is 385 g/mol. The van der Waals surface area contributed by atoms with Crippen molar-refractivity contribution in [2.75, 3.05) is 5.32 Å². The zero-order valence-electron chi connectivity index (χ0n) is 14.3. The fourth-order valence-corrected chi connectivity index (χ4v) is 3.28. The van der Waals surface area contributed by atoms with Gasteiger partial charge in [0.05, 0.1) is 5.56 Å². The summed E-state index contributed by atoms with van der Waals surface area (Å²) in [6.45, 7) is 3.15. The van der Waals surface area contributed by atoms with Gasteiger partial charge in [-0.1, -0.05) is 6.07 Å². The van der Waals surface area contributed by atoms with E-state index in [9.17, 15) is 26.4 Å². The molecule has 0 bridgehead atoms. The number of carbonyl (C=O) groups excluding carboxylic acids is 1. The first-order valence-corrected chi connectivity index (χ1v) is 9.20. The molecule has 2 aromatic rings. The number of amides is 2. The van der Waals surface area contributed by atoms with Crippen molar-refractivity contribution in [1.82, 2.24) is 15.0 Å². The number of pyridine rings is 1. The van der Waals surface area contributed by atoms with Gasteiger partial charge < -0.3 is 10.6 Å². The molecule has 2 amide bonds. The molecule has 7 nitrogen and oxygen atoms in total. The van der Waals surface area contributed by atoms with E-state index in [-0.39, 0.29) is 5.69 Å². The maximum atomic E-state index is 13.3. The molecule has 0 spiro atoms. The summed E-state index contributed by atoms with van der Waals surface area (Å²) in [7, 11) is -4.78. The van der Waals surface area contributed by atoms with Crippen molar-refractivity contribution < 1.29 is 26.4 Å². The molecule has 1 aromatic carbocycles. The molecule has 0 atom stereocenters. The standard InChI is InChI=1S/C16H17F3N4O3S/c1-10(2)21-15(24)23-27(25,26)13-9-11(6-7-12(13)16(17,18)19)22-14-5-3-4-8-20-14/h3-10H,1-2H3,(H,20,22)(H2,21,23,24). The minimum Gasteiger partial charge on any atom is -0.340 e. The summed E-state index contributed by atoms with van der Waals surface area (Å²) < 4.78 is 66.1. The van der Waals surface area contributed by atoms with E-state index >= 15 is 0 Å². The highest BCUT2D eigenvalue weighted by atomic mass is 32.2. The van der Waals surface area contributed by atoms with Crippen LogP contribution < -0.4 is 15.4 Å². The van der Waals surface area contributed by atoms with E-state index in [2.05, 4.69) is 15.6 Å². The van der Waals surface area contributed by atoms with Gasteiger partial charge in [0.1, 0.15) is 10.7 Å². The Labute approximate surface area is 154 Å². The van der Waals surface area contributed by atoms with Gasteiger partial charge in [-0.05, 0) is 44.2 Å². The van der Waals surface area contributed by atoms with Gasteiger partial charge in [0.2, 0.25) is 0 Å². The normalized spacial score (nSPS) is 11.9. The number of nitrogens with zero attached hydrogens (tertiary/aromatic N) is 1. The molecule has 146 valence electrons. The fourth-order valence-electron chi connectivity index (χ4n) is 2.11. The first kappa shape index (κ1) is 20.5. The number of halogens is 3. The van der Waals surface area contributed by atoms with Crippen molar-refractivity contribution in [3.8, 4) is 0 Å². The number of aromatic nitrogens is 1. The third kappa shape index (κ3) is 5.58. The van der Waals surface area contributed by atoms with Crippen LogP contribution in [0, 0.1) is 0 Å². The number of alkyl halides is 3. The number of hydrogen-bond donors (Lipinski definition) is 3. The van der Waals surface area contributed by atoms with Crippen LogP contribution in [0.1, 0.15) is 19.4 Å². The zero-order chi connectivity index (χ0) is 20.2. The molecule has 0 aliphatic heterocycles. The van der Waals surface area contributed by atoms with Crippen LogP contribution in [0.3, 0.4) is 0 Å². The highest BCUT2D eigenvalue weighted by Gasteiger charge is 2.38. The van der Waals surface area contributed by atoms with Crippen LogP contribution in [-0.4, -0.2) is 25.5 Å². The highest BCUT2D eigenvalue weighted by molar-refractivity contribution is 7.90. The Morgan fingerprint density at radius 2 is 1.85 bits per heavy atom. The van der Waals surface area contributed by atoms with Gasteiger partial charge in [0, 0.05) is 17.9 Å². The van der Waals surface area contributed by atoms with Gasteiger partial charge in [-0.2, -0.15) is 13.2 Å². The van der Waals surface area contributed by atoms with Crippen molar-refractivity contribution in [2.45, 2.75) is 31.0 Å². The van der Waals surface area contributed by atoms with E-state index in [0.717, 1.165) is 12.1 Å². The number of anilines is 2. The molecule has 1 aromatic heterocycles. The number of nitrogens with one attached hydrogen (secondary N) is 3. The molecule has 0 aliphatic rings. The summed E-state index contributed by atoms with van der Waals surface area (Å²) in [6, 6.07) is 5.81. The van der Waals surface area contributed by atoms with Gasteiger partial charge in [-0.15, -0.1) is 0 Å². The van der Waals surface area contributed by atoms with Crippen LogP contribution >= 0.6 is 0 Å². The number of carbonyl (C=O) groups is 1. The summed E-state index contributed by atoms with van der Waals surface area (Å²) in [5, 5.41) is 4.95. The first-order chi connectivity index (χ1) is 12.5. The highest BCUT2D eigenvalue weighted by Crippen LogP contribution is 2.36. The Bertz CT molecular complexity index is 916. The summed E-state index contributed by atoms with van der Waals surface area (Å²) in [6.07, 6.45) is -3.47. The second kappa shape index (κ2) is 7.82. The lowest BCUT2D eigenvalue weighted by molar-refractivity contribution is -0.139. The summed E-state index contributed by atoms with van der Waals surface area (Å²) in [4.78, 5) is 14.6. The van der Waals surface area contributed by atoms with Crippen molar-refractivity contribution >= 4 is 27.6 Å². The van der Waals surface area contributed by atoms with Crippen LogP contribution in [0.2, 0.25) is 0 Å². The molecular formula is C16H17F3N4O3S. The average Bonchev–Trinajstić information content (AvgIpc) is 2.53. The van der Waals surface area contributed by atoms with Crippen molar-refractivity contribution in [3.63, 3.8) is 0 Å². The topological polar surface area (TPSA) is 100 Å². The number of hydrogen-bond acceptors (Lipinski definition) is 5. The molecule has 11 heteroatoms. The Morgan fingerprint density at radius 1 is 1.15 bits per heavy atom. The molecule has 0 saturated carbocycles. The molecule has 0 radical (unpaired) electrons. The Morgan fingerprint density at radius 3 is 2.41 bits per heavy atom. The average molecular weight is 402 g/mol. The number of rotatable bonds is 5. The van der Waals surface area contributed by atoms with Crippen LogP contribution in [0.25, 0.3) is 0 Å². The Balaban J connectivity index is 2.44. The minimum absolute atomic E-state index is 0.0614. The smallest absolute Gasteiger partial charge is 0.340 e. The molecule has 0 aliphatic carbocycles. The molecule has 3 N–H and O–H groups in total. The quantitative estimate of drug-likeness (QED) is 0.713. The van der Waals surface area contributed by atoms with Crippen molar-refractivity contribution in [3.05, 3.63) is 48.2 Å². The molecule has 2 rings (SSSR count). The molecule has 27 heavy (non-hydrogen) atoms. The molecule has 1 heterocycles. The number of urea groups is 1. The SMILES string of the molecule is CC(C)NC(=O)NS(=O)(=O)c1cc(Nc2ccccn2)ccc1C(F)(F)F.